The van der Waals surface area contributed by atoms with Gasteiger partial charge in [-0.3, -0.25) is 4.90 Å². The van der Waals surface area contributed by atoms with E-state index < -0.39 is 6.09 Å². The zero-order valence-electron chi connectivity index (χ0n) is 10.8. The fourth-order valence-corrected chi connectivity index (χ4v) is 2.92. The Morgan fingerprint density at radius 1 is 1.35 bits per heavy atom. The molecule has 2 aliphatic rings. The summed E-state index contributed by atoms with van der Waals surface area (Å²) in [6.45, 7) is 9.03. The van der Waals surface area contributed by atoms with E-state index in [1.807, 2.05) is 0 Å². The minimum absolute atomic E-state index is 0.183. The molecular weight excluding hydrogens is 218 g/mol. The van der Waals surface area contributed by atoms with Crippen LogP contribution in [0.1, 0.15) is 26.7 Å². The third-order valence-electron chi connectivity index (χ3n) is 4.24. The van der Waals surface area contributed by atoms with E-state index in [9.17, 15) is 4.79 Å². The quantitative estimate of drug-likeness (QED) is 0.713. The molecule has 1 amide bonds. The average Bonchev–Trinajstić information content (AvgIpc) is 2.29. The summed E-state index contributed by atoms with van der Waals surface area (Å²) in [5.41, 5.74) is 0.183. The summed E-state index contributed by atoms with van der Waals surface area (Å²) < 4.78 is 0. The molecule has 2 fully saturated rings. The second-order valence-electron chi connectivity index (χ2n) is 5.57. The predicted molar refractivity (Wildman–Crippen MR) is 66.3 cm³/mol. The van der Waals surface area contributed by atoms with Gasteiger partial charge < -0.3 is 15.3 Å². The number of piperidine rings is 1. The standard InChI is InChI=1S/C12H23N3O2/c1-10-9-15(8-5-13-10)12(2)3-6-14(7-4-12)11(16)17/h10,13H,3-9H2,1-2H3,(H,16,17). The van der Waals surface area contributed by atoms with Gasteiger partial charge in [0, 0.05) is 44.3 Å². The van der Waals surface area contributed by atoms with Crippen LogP contribution in [-0.2, 0) is 0 Å². The van der Waals surface area contributed by atoms with Gasteiger partial charge in [0.15, 0.2) is 0 Å². The zero-order chi connectivity index (χ0) is 12.5. The minimum Gasteiger partial charge on any atom is -0.465 e. The fourth-order valence-electron chi connectivity index (χ4n) is 2.92. The molecule has 2 aliphatic heterocycles. The number of rotatable bonds is 1. The van der Waals surface area contributed by atoms with E-state index in [4.69, 9.17) is 5.11 Å². The van der Waals surface area contributed by atoms with Crippen molar-refractivity contribution in [3.05, 3.63) is 0 Å². The number of carboxylic acid groups (broad SMARTS) is 1. The molecule has 0 spiro atoms. The molecule has 0 radical (unpaired) electrons. The Labute approximate surface area is 103 Å². The molecule has 0 aromatic rings. The molecule has 1 atom stereocenters. The Morgan fingerprint density at radius 3 is 2.53 bits per heavy atom. The van der Waals surface area contributed by atoms with Gasteiger partial charge in [-0.25, -0.2) is 4.79 Å². The molecule has 0 aromatic heterocycles. The molecule has 0 saturated carbocycles. The number of amides is 1. The summed E-state index contributed by atoms with van der Waals surface area (Å²) in [5, 5.41) is 12.4. The van der Waals surface area contributed by atoms with E-state index in [1.165, 1.54) is 4.90 Å². The summed E-state index contributed by atoms with van der Waals surface area (Å²) in [4.78, 5) is 15.0. The fraction of sp³-hybridized carbons (Fsp3) is 0.917. The molecule has 0 aromatic carbocycles. The molecular formula is C12H23N3O2. The van der Waals surface area contributed by atoms with Crippen LogP contribution in [0.3, 0.4) is 0 Å². The van der Waals surface area contributed by atoms with Crippen molar-refractivity contribution in [2.24, 2.45) is 0 Å². The molecule has 0 bridgehead atoms. The van der Waals surface area contributed by atoms with Crippen LogP contribution < -0.4 is 5.32 Å². The Balaban J connectivity index is 1.94. The lowest BCUT2D eigenvalue weighted by Gasteiger charge is -2.49. The average molecular weight is 241 g/mol. The maximum Gasteiger partial charge on any atom is 0.407 e. The van der Waals surface area contributed by atoms with Crippen molar-refractivity contribution in [1.29, 1.82) is 0 Å². The first-order valence-electron chi connectivity index (χ1n) is 6.47. The zero-order valence-corrected chi connectivity index (χ0v) is 10.8. The first kappa shape index (κ1) is 12.6. The number of nitrogens with zero attached hydrogens (tertiary/aromatic N) is 2. The van der Waals surface area contributed by atoms with Crippen molar-refractivity contribution in [2.75, 3.05) is 32.7 Å². The SMILES string of the molecule is CC1CN(C2(C)CCN(C(=O)O)CC2)CCN1. The molecule has 5 nitrogen and oxygen atoms in total. The van der Waals surface area contributed by atoms with Gasteiger partial charge >= 0.3 is 6.09 Å². The highest BCUT2D eigenvalue weighted by Gasteiger charge is 2.38. The summed E-state index contributed by atoms with van der Waals surface area (Å²) in [6, 6.07) is 0.540. The van der Waals surface area contributed by atoms with Crippen molar-refractivity contribution < 1.29 is 9.90 Å². The number of hydrogen-bond acceptors (Lipinski definition) is 3. The van der Waals surface area contributed by atoms with E-state index in [2.05, 4.69) is 24.1 Å². The van der Waals surface area contributed by atoms with E-state index >= 15 is 0 Å². The first-order chi connectivity index (χ1) is 8.01. The minimum atomic E-state index is -0.777. The van der Waals surface area contributed by atoms with Crippen molar-refractivity contribution in [1.82, 2.24) is 15.1 Å². The summed E-state index contributed by atoms with van der Waals surface area (Å²) >= 11 is 0. The second kappa shape index (κ2) is 4.82. The van der Waals surface area contributed by atoms with Gasteiger partial charge in [0.05, 0.1) is 0 Å². The van der Waals surface area contributed by atoms with E-state index in [-0.39, 0.29) is 5.54 Å². The maximum atomic E-state index is 10.9. The second-order valence-corrected chi connectivity index (χ2v) is 5.57. The number of piperazine rings is 1. The molecule has 17 heavy (non-hydrogen) atoms. The Kier molecular flexibility index (Phi) is 3.58. The van der Waals surface area contributed by atoms with E-state index in [1.54, 1.807) is 0 Å². The van der Waals surface area contributed by atoms with Gasteiger partial charge in [0.1, 0.15) is 0 Å². The Morgan fingerprint density at radius 2 is 2.00 bits per heavy atom. The molecule has 0 aliphatic carbocycles. The Hall–Kier alpha value is -0.810. The van der Waals surface area contributed by atoms with Gasteiger partial charge in [-0.2, -0.15) is 0 Å². The van der Waals surface area contributed by atoms with Gasteiger partial charge in [0.25, 0.3) is 0 Å². The molecule has 2 heterocycles. The normalized spacial score (nSPS) is 30.2. The van der Waals surface area contributed by atoms with Crippen LogP contribution in [0.4, 0.5) is 4.79 Å². The Bertz CT molecular complexity index is 287. The van der Waals surface area contributed by atoms with Crippen LogP contribution in [0.25, 0.3) is 0 Å². The molecule has 2 saturated heterocycles. The number of likely N-dealkylation sites (tertiary alicyclic amines) is 1. The first-order valence-corrected chi connectivity index (χ1v) is 6.47. The van der Waals surface area contributed by atoms with Gasteiger partial charge in [-0.15, -0.1) is 0 Å². The monoisotopic (exact) mass is 241 g/mol. The van der Waals surface area contributed by atoms with Crippen LogP contribution in [0.15, 0.2) is 0 Å². The molecule has 5 heteroatoms. The van der Waals surface area contributed by atoms with Crippen molar-refractivity contribution >= 4 is 6.09 Å². The van der Waals surface area contributed by atoms with Crippen molar-refractivity contribution in [2.45, 2.75) is 38.3 Å². The number of hydrogen-bond donors (Lipinski definition) is 2. The molecule has 2 N–H and O–H groups in total. The van der Waals surface area contributed by atoms with Crippen LogP contribution >= 0.6 is 0 Å². The van der Waals surface area contributed by atoms with Gasteiger partial charge in [-0.05, 0) is 26.7 Å². The van der Waals surface area contributed by atoms with Crippen LogP contribution in [-0.4, -0.2) is 65.3 Å². The van der Waals surface area contributed by atoms with Crippen molar-refractivity contribution in [3.63, 3.8) is 0 Å². The number of nitrogens with one attached hydrogen (secondary N) is 1. The third kappa shape index (κ3) is 2.72. The topological polar surface area (TPSA) is 55.8 Å². The molecule has 2 rings (SSSR count). The lowest BCUT2D eigenvalue weighted by molar-refractivity contribution is 0.0191. The van der Waals surface area contributed by atoms with E-state index in [0.29, 0.717) is 19.1 Å². The third-order valence-corrected chi connectivity index (χ3v) is 4.24. The highest BCUT2D eigenvalue weighted by atomic mass is 16.4. The lowest BCUT2D eigenvalue weighted by Crippen LogP contribution is -2.61. The maximum absolute atomic E-state index is 10.9. The van der Waals surface area contributed by atoms with Crippen LogP contribution in [0, 0.1) is 0 Å². The summed E-state index contributed by atoms with van der Waals surface area (Å²) in [7, 11) is 0. The predicted octanol–water partition coefficient (Wildman–Crippen LogP) is 0.813. The summed E-state index contributed by atoms with van der Waals surface area (Å²) in [6.07, 6.45) is 1.12. The van der Waals surface area contributed by atoms with Gasteiger partial charge in [-0.1, -0.05) is 0 Å². The molecule has 98 valence electrons. The number of carbonyl (C=O) groups is 1. The van der Waals surface area contributed by atoms with E-state index in [0.717, 1.165) is 32.5 Å². The van der Waals surface area contributed by atoms with Gasteiger partial charge in [0.2, 0.25) is 0 Å². The lowest BCUT2D eigenvalue weighted by atomic mass is 9.87. The highest BCUT2D eigenvalue weighted by molar-refractivity contribution is 5.65. The van der Waals surface area contributed by atoms with Crippen molar-refractivity contribution in [3.8, 4) is 0 Å². The van der Waals surface area contributed by atoms with Crippen LogP contribution in [0.2, 0.25) is 0 Å². The summed E-state index contributed by atoms with van der Waals surface area (Å²) in [5.74, 6) is 0. The largest absolute Gasteiger partial charge is 0.465 e. The molecule has 1 unspecified atom stereocenters. The smallest absolute Gasteiger partial charge is 0.407 e. The highest BCUT2D eigenvalue weighted by Crippen LogP contribution is 2.29. The van der Waals surface area contributed by atoms with Crippen LogP contribution in [0.5, 0.6) is 0 Å².